The molecule has 1 saturated carbocycles. The van der Waals surface area contributed by atoms with Crippen molar-refractivity contribution < 1.29 is 27.4 Å². The number of hydrogen-bond donors (Lipinski definition) is 1. The zero-order chi connectivity index (χ0) is 19.7. The fourth-order valence-electron chi connectivity index (χ4n) is 3.48. The summed E-state index contributed by atoms with van der Waals surface area (Å²) in [6.07, 6.45) is -3.01. The van der Waals surface area contributed by atoms with E-state index in [1.54, 1.807) is 0 Å². The highest BCUT2D eigenvalue weighted by Gasteiger charge is 2.44. The quantitative estimate of drug-likeness (QED) is 0.840. The molecule has 1 heterocycles. The molecule has 4 rings (SSSR count). The number of amides is 1. The molecule has 2 aliphatic rings. The topological polar surface area (TPSA) is 47.6 Å². The van der Waals surface area contributed by atoms with Gasteiger partial charge in [-0.3, -0.25) is 4.79 Å². The third-order valence-electron chi connectivity index (χ3n) is 5.11. The van der Waals surface area contributed by atoms with Gasteiger partial charge in [0, 0.05) is 12.5 Å². The van der Waals surface area contributed by atoms with E-state index in [1.807, 2.05) is 18.2 Å². The highest BCUT2D eigenvalue weighted by molar-refractivity contribution is 5.82. The Labute approximate surface area is 160 Å². The van der Waals surface area contributed by atoms with Gasteiger partial charge in [0.1, 0.15) is 13.2 Å². The van der Waals surface area contributed by atoms with Crippen molar-refractivity contribution in [3.05, 3.63) is 59.2 Å². The van der Waals surface area contributed by atoms with Crippen LogP contribution in [0.5, 0.6) is 11.5 Å². The fraction of sp³-hybridized carbons (Fsp3) is 0.381. The summed E-state index contributed by atoms with van der Waals surface area (Å²) in [5.74, 6) is 1.23. The van der Waals surface area contributed by atoms with E-state index in [0.717, 1.165) is 34.8 Å². The standard InChI is InChI=1S/C21H20F3NO3/c22-21(23,24)15-4-2-14(3-5-15)16-12-17(16)20(26)25-8-7-13-1-6-18-19(11-13)28-10-9-27-18/h1-6,11,16-17H,7-10,12H2,(H,25,26)/t16-,17-/m1/s1. The first-order valence-electron chi connectivity index (χ1n) is 9.25. The Balaban J connectivity index is 1.26. The molecule has 148 valence electrons. The maximum atomic E-state index is 12.6. The number of carbonyl (C=O) groups excluding carboxylic acids is 1. The number of alkyl halides is 3. The number of hydrogen-bond acceptors (Lipinski definition) is 3. The molecule has 0 spiro atoms. The molecule has 0 radical (unpaired) electrons. The lowest BCUT2D eigenvalue weighted by molar-refractivity contribution is -0.137. The molecule has 4 nitrogen and oxygen atoms in total. The van der Waals surface area contributed by atoms with Gasteiger partial charge in [-0.15, -0.1) is 0 Å². The number of ether oxygens (including phenoxy) is 2. The van der Waals surface area contributed by atoms with Gasteiger partial charge in [-0.2, -0.15) is 13.2 Å². The fourth-order valence-corrected chi connectivity index (χ4v) is 3.48. The molecule has 1 aliphatic heterocycles. The summed E-state index contributed by atoms with van der Waals surface area (Å²) in [7, 11) is 0. The van der Waals surface area contributed by atoms with Crippen molar-refractivity contribution in [2.45, 2.75) is 24.9 Å². The van der Waals surface area contributed by atoms with Crippen LogP contribution in [-0.4, -0.2) is 25.7 Å². The normalized spacial score (nSPS) is 20.5. The summed E-state index contributed by atoms with van der Waals surface area (Å²) in [6.45, 7) is 1.57. The number of nitrogens with one attached hydrogen (secondary N) is 1. The lowest BCUT2D eigenvalue weighted by atomic mass is 10.1. The second-order valence-corrected chi connectivity index (χ2v) is 7.09. The molecule has 2 aromatic rings. The Bertz CT molecular complexity index is 864. The van der Waals surface area contributed by atoms with Crippen molar-refractivity contribution in [2.75, 3.05) is 19.8 Å². The average Bonchev–Trinajstić information content (AvgIpc) is 3.48. The van der Waals surface area contributed by atoms with Crippen LogP contribution in [0.15, 0.2) is 42.5 Å². The number of benzene rings is 2. The van der Waals surface area contributed by atoms with Crippen LogP contribution >= 0.6 is 0 Å². The number of carbonyl (C=O) groups is 1. The first-order valence-corrected chi connectivity index (χ1v) is 9.25. The molecule has 0 unspecified atom stereocenters. The van der Waals surface area contributed by atoms with Crippen molar-refractivity contribution in [1.29, 1.82) is 0 Å². The minimum absolute atomic E-state index is 0.00317. The van der Waals surface area contributed by atoms with Crippen molar-refractivity contribution in [3.8, 4) is 11.5 Å². The van der Waals surface area contributed by atoms with Crippen LogP contribution in [0.1, 0.15) is 29.0 Å². The lowest BCUT2D eigenvalue weighted by Gasteiger charge is -2.18. The molecular weight excluding hydrogens is 371 g/mol. The van der Waals surface area contributed by atoms with Gasteiger partial charge >= 0.3 is 6.18 Å². The molecule has 1 aliphatic carbocycles. The first kappa shape index (κ1) is 18.7. The summed E-state index contributed by atoms with van der Waals surface area (Å²) in [5.41, 5.74) is 1.15. The van der Waals surface area contributed by atoms with E-state index in [9.17, 15) is 18.0 Å². The Hall–Kier alpha value is -2.70. The highest BCUT2D eigenvalue weighted by atomic mass is 19.4. The van der Waals surface area contributed by atoms with Gasteiger partial charge in [-0.25, -0.2) is 0 Å². The van der Waals surface area contributed by atoms with Crippen molar-refractivity contribution in [1.82, 2.24) is 5.32 Å². The van der Waals surface area contributed by atoms with Crippen LogP contribution < -0.4 is 14.8 Å². The summed E-state index contributed by atoms with van der Waals surface area (Å²) in [6, 6.07) is 10.8. The van der Waals surface area contributed by atoms with Gasteiger partial charge in [0.2, 0.25) is 5.91 Å². The van der Waals surface area contributed by atoms with E-state index in [-0.39, 0.29) is 17.7 Å². The predicted octanol–water partition coefficient (Wildman–Crippen LogP) is 3.94. The molecule has 1 amide bonds. The third-order valence-corrected chi connectivity index (χ3v) is 5.11. The number of halogens is 3. The molecule has 0 aromatic heterocycles. The van der Waals surface area contributed by atoms with Crippen molar-refractivity contribution in [2.24, 2.45) is 5.92 Å². The van der Waals surface area contributed by atoms with Gasteiger partial charge in [-0.1, -0.05) is 18.2 Å². The molecular formula is C21H20F3NO3. The van der Waals surface area contributed by atoms with E-state index in [4.69, 9.17) is 9.47 Å². The van der Waals surface area contributed by atoms with Gasteiger partial charge in [-0.05, 0) is 54.2 Å². The third kappa shape index (κ3) is 4.08. The molecule has 1 fully saturated rings. The molecule has 0 bridgehead atoms. The molecule has 7 heteroatoms. The molecule has 1 N–H and O–H groups in total. The Kier molecular flexibility index (Phi) is 4.91. The summed E-state index contributed by atoms with van der Waals surface area (Å²) in [5, 5.41) is 2.92. The monoisotopic (exact) mass is 391 g/mol. The van der Waals surface area contributed by atoms with Gasteiger partial charge in [0.25, 0.3) is 0 Å². The molecule has 2 atom stereocenters. The Morgan fingerprint density at radius 1 is 1.04 bits per heavy atom. The Morgan fingerprint density at radius 3 is 2.46 bits per heavy atom. The lowest BCUT2D eigenvalue weighted by Crippen LogP contribution is -2.27. The SMILES string of the molecule is O=C(NCCc1ccc2c(c1)OCCO2)[C@@H]1C[C@@H]1c1ccc(C(F)(F)F)cc1. The summed E-state index contributed by atoms with van der Waals surface area (Å²) < 4.78 is 48.9. The van der Waals surface area contributed by atoms with E-state index in [1.165, 1.54) is 12.1 Å². The smallest absolute Gasteiger partial charge is 0.416 e. The van der Waals surface area contributed by atoms with E-state index >= 15 is 0 Å². The molecule has 28 heavy (non-hydrogen) atoms. The summed E-state index contributed by atoms with van der Waals surface area (Å²) >= 11 is 0. The maximum absolute atomic E-state index is 12.6. The number of fused-ring (bicyclic) bond motifs is 1. The van der Waals surface area contributed by atoms with Gasteiger partial charge < -0.3 is 14.8 Å². The maximum Gasteiger partial charge on any atom is 0.416 e. The largest absolute Gasteiger partial charge is 0.486 e. The van der Waals surface area contributed by atoms with Crippen molar-refractivity contribution >= 4 is 5.91 Å². The second kappa shape index (κ2) is 7.37. The molecule has 2 aromatic carbocycles. The zero-order valence-corrected chi connectivity index (χ0v) is 15.1. The van der Waals surface area contributed by atoms with Crippen LogP contribution in [0.3, 0.4) is 0 Å². The minimum atomic E-state index is -4.34. The van der Waals surface area contributed by atoms with Crippen LogP contribution in [0.4, 0.5) is 13.2 Å². The van der Waals surface area contributed by atoms with Crippen LogP contribution in [-0.2, 0) is 17.4 Å². The van der Waals surface area contributed by atoms with Crippen LogP contribution in [0.25, 0.3) is 0 Å². The zero-order valence-electron chi connectivity index (χ0n) is 15.1. The van der Waals surface area contributed by atoms with E-state index in [2.05, 4.69) is 5.32 Å². The van der Waals surface area contributed by atoms with Crippen LogP contribution in [0, 0.1) is 5.92 Å². The summed E-state index contributed by atoms with van der Waals surface area (Å²) in [4.78, 5) is 12.3. The van der Waals surface area contributed by atoms with Gasteiger partial charge in [0.15, 0.2) is 11.5 Å². The molecule has 0 saturated heterocycles. The predicted molar refractivity (Wildman–Crippen MR) is 96.4 cm³/mol. The first-order chi connectivity index (χ1) is 13.4. The highest BCUT2D eigenvalue weighted by Crippen LogP contribution is 2.48. The van der Waals surface area contributed by atoms with E-state index < -0.39 is 11.7 Å². The van der Waals surface area contributed by atoms with Crippen molar-refractivity contribution in [3.63, 3.8) is 0 Å². The second-order valence-electron chi connectivity index (χ2n) is 7.09. The van der Waals surface area contributed by atoms with Crippen LogP contribution in [0.2, 0.25) is 0 Å². The average molecular weight is 391 g/mol. The minimum Gasteiger partial charge on any atom is -0.486 e. The number of rotatable bonds is 5. The Morgan fingerprint density at radius 2 is 1.75 bits per heavy atom. The van der Waals surface area contributed by atoms with E-state index in [0.29, 0.717) is 32.6 Å². The van der Waals surface area contributed by atoms with Gasteiger partial charge in [0.05, 0.1) is 5.56 Å².